The van der Waals surface area contributed by atoms with Gasteiger partial charge in [0.1, 0.15) is 35.6 Å². The van der Waals surface area contributed by atoms with Crippen molar-refractivity contribution in [1.82, 2.24) is 0 Å². The summed E-state index contributed by atoms with van der Waals surface area (Å²) >= 11 is 0. The Hall–Kier alpha value is -1.02. The highest BCUT2D eigenvalue weighted by molar-refractivity contribution is 5.25. The van der Waals surface area contributed by atoms with Crippen LogP contribution in [0.15, 0.2) is 30.3 Å². The van der Waals surface area contributed by atoms with Crippen LogP contribution in [0.4, 0.5) is 0 Å². The molecule has 0 aromatic heterocycles. The van der Waals surface area contributed by atoms with Gasteiger partial charge in [-0.2, -0.15) is 0 Å². The highest BCUT2D eigenvalue weighted by Gasteiger charge is 2.79. The van der Waals surface area contributed by atoms with E-state index in [9.17, 15) is 0 Å². The Morgan fingerprint density at radius 2 is 1.54 bits per heavy atom. The first-order valence-electron chi connectivity index (χ1n) is 8.72. The van der Waals surface area contributed by atoms with Crippen LogP contribution in [-0.2, 0) is 35.0 Å². The van der Waals surface area contributed by atoms with Gasteiger partial charge in [0, 0.05) is 12.8 Å². The first kappa shape index (κ1) is 14.2. The summed E-state index contributed by atoms with van der Waals surface area (Å²) in [5.41, 5.74) is 0.242. The lowest BCUT2D eigenvalue weighted by Gasteiger charge is -2.72. The second-order valence-corrected chi connectivity index (χ2v) is 7.29. The van der Waals surface area contributed by atoms with Crippen LogP contribution in [0.3, 0.4) is 0 Å². The Kier molecular flexibility index (Phi) is 2.83. The van der Waals surface area contributed by atoms with E-state index < -0.39 is 17.7 Å². The van der Waals surface area contributed by atoms with Crippen molar-refractivity contribution in [2.45, 2.75) is 61.5 Å². The Morgan fingerprint density at radius 1 is 0.917 bits per heavy atom. The van der Waals surface area contributed by atoms with Gasteiger partial charge in [-0.05, 0) is 5.56 Å². The highest BCUT2D eigenvalue weighted by atomic mass is 16.9. The van der Waals surface area contributed by atoms with E-state index in [1.807, 2.05) is 18.2 Å². The molecule has 0 N–H and O–H groups in total. The van der Waals surface area contributed by atoms with E-state index in [-0.39, 0.29) is 24.4 Å². The second kappa shape index (κ2) is 4.78. The zero-order valence-electron chi connectivity index (χ0n) is 13.3. The average molecular weight is 332 g/mol. The fourth-order valence-corrected chi connectivity index (χ4v) is 4.97. The minimum absolute atomic E-state index is 0.119. The largest absolute Gasteiger partial charge is 0.369 e. The molecule has 2 spiro atoms. The lowest BCUT2D eigenvalue weighted by molar-refractivity contribution is -0.549. The van der Waals surface area contributed by atoms with E-state index in [0.717, 1.165) is 31.6 Å². The van der Waals surface area contributed by atoms with Crippen molar-refractivity contribution >= 4 is 0 Å². The zero-order chi connectivity index (χ0) is 15.8. The molecule has 7 rings (SSSR count). The predicted octanol–water partition coefficient (Wildman–Crippen LogP) is 1.37. The summed E-state index contributed by atoms with van der Waals surface area (Å²) in [4.78, 5) is 0. The van der Waals surface area contributed by atoms with Crippen LogP contribution in [0.25, 0.3) is 0 Å². The predicted molar refractivity (Wildman–Crippen MR) is 80.0 cm³/mol. The Bertz CT molecular complexity index is 608. The van der Waals surface area contributed by atoms with Crippen molar-refractivity contribution in [3.63, 3.8) is 0 Å². The second-order valence-electron chi connectivity index (χ2n) is 7.29. The molecule has 128 valence electrons. The molecule has 5 heterocycles. The summed E-state index contributed by atoms with van der Waals surface area (Å²) in [6.07, 6.45) is 1.18. The maximum atomic E-state index is 6.30. The first-order valence-corrected chi connectivity index (χ1v) is 8.72. The lowest BCUT2D eigenvalue weighted by atomic mass is 9.60. The molecule has 6 nitrogen and oxygen atoms in total. The van der Waals surface area contributed by atoms with Crippen molar-refractivity contribution in [2.75, 3.05) is 13.2 Å². The molecule has 5 saturated heterocycles. The van der Waals surface area contributed by atoms with E-state index >= 15 is 0 Å². The molecule has 1 aromatic carbocycles. The molecule has 1 aliphatic carbocycles. The third-order valence-electron chi connectivity index (χ3n) is 6.22. The summed E-state index contributed by atoms with van der Waals surface area (Å²) in [5, 5.41) is 0. The van der Waals surface area contributed by atoms with Crippen LogP contribution in [0, 0.1) is 0 Å². The molecule has 0 amide bonds. The first-order chi connectivity index (χ1) is 11.8. The minimum Gasteiger partial charge on any atom is -0.369 e. The van der Waals surface area contributed by atoms with Gasteiger partial charge in [0.05, 0.1) is 19.8 Å². The van der Waals surface area contributed by atoms with Gasteiger partial charge in [0.25, 0.3) is 6.48 Å². The van der Waals surface area contributed by atoms with Gasteiger partial charge in [0.2, 0.25) is 0 Å². The summed E-state index contributed by atoms with van der Waals surface area (Å²) in [7, 11) is 0. The molecule has 4 bridgehead atoms. The molecule has 6 aliphatic rings. The quantitative estimate of drug-likeness (QED) is 0.833. The molecule has 1 saturated carbocycles. The zero-order valence-corrected chi connectivity index (χ0v) is 13.3. The molecule has 5 aliphatic heterocycles. The van der Waals surface area contributed by atoms with Crippen LogP contribution in [0.2, 0.25) is 0 Å². The summed E-state index contributed by atoms with van der Waals surface area (Å²) in [6, 6.07) is 10.2. The van der Waals surface area contributed by atoms with E-state index in [0.29, 0.717) is 6.61 Å². The van der Waals surface area contributed by atoms with Crippen LogP contribution in [0.1, 0.15) is 18.4 Å². The third kappa shape index (κ3) is 1.62. The van der Waals surface area contributed by atoms with Crippen molar-refractivity contribution in [3.05, 3.63) is 35.9 Å². The van der Waals surface area contributed by atoms with Crippen LogP contribution >= 0.6 is 0 Å². The summed E-state index contributed by atoms with van der Waals surface area (Å²) in [5.74, 6) is 0. The Labute approximate surface area is 139 Å². The smallest absolute Gasteiger partial charge is 0.273 e. The van der Waals surface area contributed by atoms with Crippen molar-refractivity contribution in [1.29, 1.82) is 0 Å². The molecule has 0 unspecified atom stereocenters. The number of rotatable bonds is 3. The van der Waals surface area contributed by atoms with Crippen LogP contribution in [-0.4, -0.2) is 55.3 Å². The van der Waals surface area contributed by atoms with E-state index in [4.69, 9.17) is 28.4 Å². The number of hydrogen-bond donors (Lipinski definition) is 0. The molecule has 6 fully saturated rings. The molecule has 0 radical (unpaired) electrons. The maximum absolute atomic E-state index is 6.30. The van der Waals surface area contributed by atoms with Crippen molar-refractivity contribution in [2.24, 2.45) is 0 Å². The normalized spacial score (nSPS) is 50.9. The third-order valence-corrected chi connectivity index (χ3v) is 6.22. The monoisotopic (exact) mass is 332 g/mol. The molecular formula is C18H20O6. The average Bonchev–Trinajstić information content (AvgIpc) is 2.52. The Morgan fingerprint density at radius 3 is 2.08 bits per heavy atom. The molecule has 6 heteroatoms. The summed E-state index contributed by atoms with van der Waals surface area (Å²) < 4.78 is 36.4. The van der Waals surface area contributed by atoms with E-state index in [2.05, 4.69) is 12.1 Å². The SMILES string of the molecule is c1ccc(COC2[C@H]3OC4OC([C@]35CCO5)[C@]3(CCO3)[C@@H]2O4)cc1. The van der Waals surface area contributed by atoms with Gasteiger partial charge in [-0.15, -0.1) is 0 Å². The number of ether oxygens (including phenoxy) is 6. The lowest BCUT2D eigenvalue weighted by Crippen LogP contribution is -2.89. The molecular weight excluding hydrogens is 312 g/mol. The van der Waals surface area contributed by atoms with E-state index in [1.165, 1.54) is 0 Å². The van der Waals surface area contributed by atoms with Crippen LogP contribution in [0.5, 0.6) is 0 Å². The van der Waals surface area contributed by atoms with Gasteiger partial charge in [-0.1, -0.05) is 30.3 Å². The van der Waals surface area contributed by atoms with Gasteiger partial charge < -0.3 is 28.4 Å². The standard InChI is InChI=1S/C18H20O6/c1-2-4-11(5-3-1)10-19-12-13-17(6-8-20-17)15-18(7-9-21-18)14(12)23-16(22-13)24-15/h1-5,12-16H,6-10H2/t12?,13-,14-,15?,16?,17+,18+/m1/s1. The molecule has 4 atom stereocenters. The van der Waals surface area contributed by atoms with Gasteiger partial charge in [0.15, 0.2) is 0 Å². The number of hydrogen-bond acceptors (Lipinski definition) is 6. The van der Waals surface area contributed by atoms with Gasteiger partial charge in [-0.25, -0.2) is 0 Å². The Balaban J connectivity index is 1.34. The van der Waals surface area contributed by atoms with E-state index in [1.54, 1.807) is 0 Å². The summed E-state index contributed by atoms with van der Waals surface area (Å²) in [6.45, 7) is 1.37. The fraction of sp³-hybridized carbons (Fsp3) is 0.667. The van der Waals surface area contributed by atoms with Crippen molar-refractivity contribution in [3.8, 4) is 0 Å². The fourth-order valence-electron chi connectivity index (χ4n) is 4.97. The van der Waals surface area contributed by atoms with Gasteiger partial charge >= 0.3 is 0 Å². The van der Waals surface area contributed by atoms with Crippen molar-refractivity contribution < 1.29 is 28.4 Å². The minimum atomic E-state index is -0.619. The molecule has 1 aromatic rings. The maximum Gasteiger partial charge on any atom is 0.273 e. The van der Waals surface area contributed by atoms with Gasteiger partial charge in [-0.3, -0.25) is 0 Å². The molecule has 24 heavy (non-hydrogen) atoms. The van der Waals surface area contributed by atoms with Crippen LogP contribution < -0.4 is 0 Å². The highest BCUT2D eigenvalue weighted by Crippen LogP contribution is 2.60. The topological polar surface area (TPSA) is 55.4 Å². The number of benzene rings is 1.